The molecular formula is C13H15NO3. The van der Waals surface area contributed by atoms with Crippen molar-refractivity contribution in [2.75, 3.05) is 12.4 Å². The van der Waals surface area contributed by atoms with Gasteiger partial charge >= 0.3 is 5.97 Å². The fraction of sp³-hybridized carbons (Fsp3) is 0.385. The summed E-state index contributed by atoms with van der Waals surface area (Å²) in [6.07, 6.45) is 0.923. The van der Waals surface area contributed by atoms with Crippen LogP contribution >= 0.6 is 0 Å². The summed E-state index contributed by atoms with van der Waals surface area (Å²) in [4.78, 5) is 23.3. The Kier molecular flexibility index (Phi) is 3.13. The first-order valence-electron chi connectivity index (χ1n) is 5.61. The zero-order chi connectivity index (χ0) is 12.4. The second-order valence-corrected chi connectivity index (χ2v) is 4.35. The number of carbonyl (C=O) groups excluding carboxylic acids is 2. The Labute approximate surface area is 100.0 Å². The topological polar surface area (TPSA) is 55.4 Å². The van der Waals surface area contributed by atoms with Gasteiger partial charge in [-0.05, 0) is 24.5 Å². The van der Waals surface area contributed by atoms with Crippen LogP contribution in [0.25, 0.3) is 0 Å². The molecule has 1 aromatic rings. The number of amides is 1. The van der Waals surface area contributed by atoms with Crippen molar-refractivity contribution in [3.63, 3.8) is 0 Å². The highest BCUT2D eigenvalue weighted by Gasteiger charge is 2.39. The molecule has 0 radical (unpaired) electrons. The molecule has 0 aliphatic heterocycles. The van der Waals surface area contributed by atoms with Crippen molar-refractivity contribution >= 4 is 17.6 Å². The Bertz CT molecular complexity index is 456. The molecule has 0 saturated heterocycles. The number of hydrogen-bond donors (Lipinski definition) is 1. The highest BCUT2D eigenvalue weighted by Crippen LogP contribution is 2.38. The standard InChI is InChI=1S/C13H15NO3/c1-8-7-10(8)12(15)14-11-6-4-3-5-9(11)13(16)17-2/h3-6,8,10H,7H2,1-2H3,(H,14,15)/t8-,10-/m0/s1. The van der Waals surface area contributed by atoms with E-state index in [4.69, 9.17) is 0 Å². The highest BCUT2D eigenvalue weighted by atomic mass is 16.5. The summed E-state index contributed by atoms with van der Waals surface area (Å²) in [6.45, 7) is 2.04. The molecule has 1 amide bonds. The van der Waals surface area contributed by atoms with Crippen LogP contribution in [0, 0.1) is 11.8 Å². The third-order valence-electron chi connectivity index (χ3n) is 3.04. The normalized spacial score (nSPS) is 21.8. The van der Waals surface area contributed by atoms with E-state index in [1.807, 2.05) is 6.92 Å². The van der Waals surface area contributed by atoms with E-state index < -0.39 is 5.97 Å². The van der Waals surface area contributed by atoms with Crippen molar-refractivity contribution in [1.29, 1.82) is 0 Å². The number of carbonyl (C=O) groups is 2. The van der Waals surface area contributed by atoms with Crippen molar-refractivity contribution in [1.82, 2.24) is 0 Å². The monoisotopic (exact) mass is 233 g/mol. The average Bonchev–Trinajstić information content (AvgIpc) is 3.06. The maximum Gasteiger partial charge on any atom is 0.339 e. The first-order valence-corrected chi connectivity index (χ1v) is 5.61. The molecular weight excluding hydrogens is 218 g/mol. The Balaban J connectivity index is 2.15. The lowest BCUT2D eigenvalue weighted by Gasteiger charge is -2.09. The van der Waals surface area contributed by atoms with Gasteiger partial charge in [-0.2, -0.15) is 0 Å². The van der Waals surface area contributed by atoms with Crippen LogP contribution in [0.15, 0.2) is 24.3 Å². The van der Waals surface area contributed by atoms with Crippen LogP contribution in [0.1, 0.15) is 23.7 Å². The van der Waals surface area contributed by atoms with Crippen LogP contribution in [0.4, 0.5) is 5.69 Å². The molecule has 1 aromatic carbocycles. The van der Waals surface area contributed by atoms with Gasteiger partial charge in [-0.15, -0.1) is 0 Å². The smallest absolute Gasteiger partial charge is 0.339 e. The summed E-state index contributed by atoms with van der Waals surface area (Å²) >= 11 is 0. The first-order chi connectivity index (χ1) is 8.13. The lowest BCUT2D eigenvalue weighted by Crippen LogP contribution is -2.17. The third kappa shape index (κ3) is 2.46. The molecule has 0 aromatic heterocycles. The first kappa shape index (κ1) is 11.6. The molecule has 1 aliphatic carbocycles. The molecule has 1 saturated carbocycles. The number of rotatable bonds is 3. The quantitative estimate of drug-likeness (QED) is 0.813. The number of ether oxygens (including phenoxy) is 1. The zero-order valence-corrected chi connectivity index (χ0v) is 9.90. The van der Waals surface area contributed by atoms with E-state index in [1.165, 1.54) is 7.11 Å². The summed E-state index contributed by atoms with van der Waals surface area (Å²) in [5.41, 5.74) is 0.903. The Morgan fingerprint density at radius 1 is 1.35 bits per heavy atom. The number of nitrogens with one attached hydrogen (secondary N) is 1. The molecule has 1 aliphatic rings. The van der Waals surface area contributed by atoms with Gasteiger partial charge < -0.3 is 10.1 Å². The average molecular weight is 233 g/mol. The largest absolute Gasteiger partial charge is 0.465 e. The van der Waals surface area contributed by atoms with Crippen molar-refractivity contribution in [2.24, 2.45) is 11.8 Å². The Morgan fingerprint density at radius 3 is 2.59 bits per heavy atom. The Morgan fingerprint density at radius 2 is 2.00 bits per heavy atom. The van der Waals surface area contributed by atoms with E-state index in [9.17, 15) is 9.59 Å². The zero-order valence-electron chi connectivity index (χ0n) is 9.90. The van der Waals surface area contributed by atoms with Crippen molar-refractivity contribution in [2.45, 2.75) is 13.3 Å². The fourth-order valence-electron chi connectivity index (χ4n) is 1.79. The molecule has 0 bridgehead atoms. The van der Waals surface area contributed by atoms with Crippen LogP contribution < -0.4 is 5.32 Å². The predicted molar refractivity (Wildman–Crippen MR) is 63.7 cm³/mol. The second kappa shape index (κ2) is 4.57. The highest BCUT2D eigenvalue weighted by molar-refractivity contribution is 6.02. The van der Waals surface area contributed by atoms with Crippen LogP contribution in [-0.2, 0) is 9.53 Å². The van der Waals surface area contributed by atoms with Gasteiger partial charge in [0.15, 0.2) is 0 Å². The Hall–Kier alpha value is -1.84. The molecule has 1 N–H and O–H groups in total. The molecule has 0 spiro atoms. The number of anilines is 1. The van der Waals surface area contributed by atoms with Gasteiger partial charge in [0.25, 0.3) is 0 Å². The molecule has 2 rings (SSSR count). The van der Waals surface area contributed by atoms with E-state index in [0.717, 1.165) is 6.42 Å². The molecule has 1 fully saturated rings. The number of para-hydroxylation sites is 1. The van der Waals surface area contributed by atoms with Crippen LogP contribution in [0.3, 0.4) is 0 Å². The van der Waals surface area contributed by atoms with Crippen LogP contribution in [0.2, 0.25) is 0 Å². The van der Waals surface area contributed by atoms with Crippen LogP contribution in [-0.4, -0.2) is 19.0 Å². The van der Waals surface area contributed by atoms with Gasteiger partial charge in [0, 0.05) is 5.92 Å². The molecule has 4 heteroatoms. The van der Waals surface area contributed by atoms with Gasteiger partial charge in [-0.1, -0.05) is 19.1 Å². The van der Waals surface area contributed by atoms with Gasteiger partial charge in [-0.3, -0.25) is 4.79 Å². The number of hydrogen-bond acceptors (Lipinski definition) is 3. The summed E-state index contributed by atoms with van der Waals surface area (Å²) in [6, 6.07) is 6.86. The summed E-state index contributed by atoms with van der Waals surface area (Å²) < 4.78 is 4.67. The predicted octanol–water partition coefficient (Wildman–Crippen LogP) is 2.07. The maximum absolute atomic E-state index is 11.8. The molecule has 0 heterocycles. The van der Waals surface area contributed by atoms with Gasteiger partial charge in [0.1, 0.15) is 0 Å². The van der Waals surface area contributed by atoms with E-state index in [0.29, 0.717) is 17.2 Å². The molecule has 2 atom stereocenters. The lowest BCUT2D eigenvalue weighted by molar-refractivity contribution is -0.117. The molecule has 4 nitrogen and oxygen atoms in total. The van der Waals surface area contributed by atoms with Crippen molar-refractivity contribution < 1.29 is 14.3 Å². The minimum absolute atomic E-state index is 0.0196. The summed E-state index contributed by atoms with van der Waals surface area (Å²) in [5, 5.41) is 2.78. The van der Waals surface area contributed by atoms with E-state index in [2.05, 4.69) is 10.1 Å². The number of benzene rings is 1. The number of esters is 1. The van der Waals surface area contributed by atoms with E-state index >= 15 is 0 Å². The van der Waals surface area contributed by atoms with Gasteiger partial charge in [-0.25, -0.2) is 4.79 Å². The molecule has 90 valence electrons. The van der Waals surface area contributed by atoms with Crippen molar-refractivity contribution in [3.05, 3.63) is 29.8 Å². The van der Waals surface area contributed by atoms with E-state index in [1.54, 1.807) is 24.3 Å². The van der Waals surface area contributed by atoms with E-state index in [-0.39, 0.29) is 11.8 Å². The maximum atomic E-state index is 11.8. The lowest BCUT2D eigenvalue weighted by atomic mass is 10.1. The third-order valence-corrected chi connectivity index (χ3v) is 3.04. The molecule has 17 heavy (non-hydrogen) atoms. The fourth-order valence-corrected chi connectivity index (χ4v) is 1.79. The second-order valence-electron chi connectivity index (χ2n) is 4.35. The SMILES string of the molecule is COC(=O)c1ccccc1NC(=O)[C@H]1C[C@@H]1C. The number of methoxy groups -OCH3 is 1. The summed E-state index contributed by atoms with van der Waals surface area (Å²) in [5.74, 6) is 0.0691. The van der Waals surface area contributed by atoms with Crippen molar-refractivity contribution in [3.8, 4) is 0 Å². The van der Waals surface area contributed by atoms with Gasteiger partial charge in [0.2, 0.25) is 5.91 Å². The minimum atomic E-state index is -0.440. The molecule has 0 unspecified atom stereocenters. The summed E-state index contributed by atoms with van der Waals surface area (Å²) in [7, 11) is 1.32. The van der Waals surface area contributed by atoms with Gasteiger partial charge in [0.05, 0.1) is 18.4 Å². The van der Waals surface area contributed by atoms with Crippen LogP contribution in [0.5, 0.6) is 0 Å². The minimum Gasteiger partial charge on any atom is -0.465 e.